The zero-order valence-corrected chi connectivity index (χ0v) is 16.6. The lowest BCUT2D eigenvalue weighted by Gasteiger charge is -2.17. The van der Waals surface area contributed by atoms with Gasteiger partial charge in [0, 0.05) is 38.4 Å². The Bertz CT molecular complexity index is 1020. The molecule has 0 saturated carbocycles. The van der Waals surface area contributed by atoms with Crippen molar-refractivity contribution >= 4 is 28.6 Å². The number of aromatic nitrogens is 5. The average Bonchev–Trinajstić information content (AvgIpc) is 3.45. The zero-order valence-electron chi connectivity index (χ0n) is 16.6. The molecular weight excluding hydrogens is 370 g/mol. The van der Waals surface area contributed by atoms with Crippen molar-refractivity contribution in [1.29, 1.82) is 0 Å². The number of nitrogens with one attached hydrogen (secondary N) is 2. The van der Waals surface area contributed by atoms with Crippen molar-refractivity contribution in [3.8, 4) is 5.88 Å². The van der Waals surface area contributed by atoms with Gasteiger partial charge in [-0.1, -0.05) is 19.9 Å². The molecule has 0 aromatic carbocycles. The second-order valence-electron chi connectivity index (χ2n) is 7.31. The molecule has 3 aromatic rings. The van der Waals surface area contributed by atoms with Crippen molar-refractivity contribution in [3.63, 3.8) is 0 Å². The van der Waals surface area contributed by atoms with E-state index in [-0.39, 0.29) is 11.8 Å². The highest BCUT2D eigenvalue weighted by Gasteiger charge is 2.34. The molecule has 1 aliphatic rings. The number of amides is 1. The van der Waals surface area contributed by atoms with E-state index in [0.717, 1.165) is 24.0 Å². The Morgan fingerprint density at radius 2 is 2.24 bits per heavy atom. The molecule has 9 nitrogen and oxygen atoms in total. The maximum absolute atomic E-state index is 12.0. The summed E-state index contributed by atoms with van der Waals surface area (Å²) in [5.41, 5.74) is 1.49. The third kappa shape index (κ3) is 3.94. The van der Waals surface area contributed by atoms with E-state index in [1.54, 1.807) is 10.9 Å². The summed E-state index contributed by atoms with van der Waals surface area (Å²) in [6.07, 6.45) is 7.73. The molecule has 4 heterocycles. The number of aromatic amines is 1. The topological polar surface area (TPSA) is 101 Å². The smallest absolute Gasteiger partial charge is 0.245 e. The molecule has 0 aliphatic carbocycles. The molecule has 0 bridgehead atoms. The van der Waals surface area contributed by atoms with Gasteiger partial charge in [0.15, 0.2) is 0 Å². The third-order valence-electron chi connectivity index (χ3n) is 5.36. The molecule has 0 spiro atoms. The first kappa shape index (κ1) is 19.0. The average molecular weight is 395 g/mol. The van der Waals surface area contributed by atoms with E-state index in [1.165, 1.54) is 6.08 Å². The Morgan fingerprint density at radius 3 is 2.97 bits per heavy atom. The highest BCUT2D eigenvalue weighted by molar-refractivity contribution is 5.87. The number of rotatable bonds is 7. The third-order valence-corrected chi connectivity index (χ3v) is 5.36. The standard InChI is InChI=1S/C20H25N7O2/c1-4-13-9-27(17(28)5-2)10-14(13)12-29-19-16-6-7-21-18(16)24-20(25-19)23-15-8-22-26(3)11-15/h5-8,11,13-14H,2,4,9-10,12H2,1,3H3,(H2,21,23,24,25)/t13-,14+/m1/s1. The molecule has 2 atom stereocenters. The van der Waals surface area contributed by atoms with Gasteiger partial charge >= 0.3 is 0 Å². The summed E-state index contributed by atoms with van der Waals surface area (Å²) in [7, 11) is 1.85. The monoisotopic (exact) mass is 395 g/mol. The maximum atomic E-state index is 12.0. The molecular formula is C20H25N7O2. The molecule has 4 rings (SSSR count). The van der Waals surface area contributed by atoms with Crippen LogP contribution in [-0.4, -0.2) is 55.2 Å². The second kappa shape index (κ2) is 7.94. The highest BCUT2D eigenvalue weighted by atomic mass is 16.5. The number of carbonyl (C=O) groups excluding carboxylic acids is 1. The number of aryl methyl sites for hydroxylation is 1. The minimum absolute atomic E-state index is 0.0241. The van der Waals surface area contributed by atoms with Gasteiger partial charge in [0.25, 0.3) is 0 Å². The van der Waals surface area contributed by atoms with Crippen LogP contribution in [0.25, 0.3) is 11.0 Å². The molecule has 0 unspecified atom stereocenters. The first-order valence-corrected chi connectivity index (χ1v) is 9.72. The number of fused-ring (bicyclic) bond motifs is 1. The van der Waals surface area contributed by atoms with E-state index in [0.29, 0.717) is 36.5 Å². The molecule has 152 valence electrons. The molecule has 1 saturated heterocycles. The summed E-state index contributed by atoms with van der Waals surface area (Å²) in [5, 5.41) is 8.12. The minimum atomic E-state index is -0.0241. The van der Waals surface area contributed by atoms with Crippen LogP contribution >= 0.6 is 0 Å². The van der Waals surface area contributed by atoms with Gasteiger partial charge in [-0.05, 0) is 18.1 Å². The molecule has 1 aliphatic heterocycles. The van der Waals surface area contributed by atoms with Crippen LogP contribution in [0.2, 0.25) is 0 Å². The number of hydrogen-bond acceptors (Lipinski definition) is 6. The van der Waals surface area contributed by atoms with Crippen LogP contribution < -0.4 is 10.1 Å². The SMILES string of the molecule is C=CC(=O)N1C[C@@H](CC)[C@H](COc2nc(Nc3cnn(C)c3)nc3[nH]ccc23)C1. The van der Waals surface area contributed by atoms with Crippen molar-refractivity contribution in [2.75, 3.05) is 25.0 Å². The molecule has 29 heavy (non-hydrogen) atoms. The fraction of sp³-hybridized carbons (Fsp3) is 0.400. The molecule has 9 heteroatoms. The number of carbonyl (C=O) groups is 1. The lowest BCUT2D eigenvalue weighted by Crippen LogP contribution is -2.27. The molecule has 0 radical (unpaired) electrons. The molecule has 2 N–H and O–H groups in total. The predicted octanol–water partition coefficient (Wildman–Crippen LogP) is 2.48. The zero-order chi connectivity index (χ0) is 20.4. The first-order chi connectivity index (χ1) is 14.1. The summed E-state index contributed by atoms with van der Waals surface area (Å²) in [6, 6.07) is 1.90. The largest absolute Gasteiger partial charge is 0.477 e. The van der Waals surface area contributed by atoms with Crippen molar-refractivity contribution in [2.24, 2.45) is 18.9 Å². The van der Waals surface area contributed by atoms with Crippen LogP contribution in [0.15, 0.2) is 37.3 Å². The minimum Gasteiger partial charge on any atom is -0.477 e. The van der Waals surface area contributed by atoms with Crippen LogP contribution in [0, 0.1) is 11.8 Å². The first-order valence-electron chi connectivity index (χ1n) is 9.72. The Hall–Kier alpha value is -3.36. The number of anilines is 2. The van der Waals surface area contributed by atoms with Crippen LogP contribution in [0.1, 0.15) is 13.3 Å². The Morgan fingerprint density at radius 1 is 1.41 bits per heavy atom. The van der Waals surface area contributed by atoms with E-state index in [1.807, 2.05) is 30.4 Å². The summed E-state index contributed by atoms with van der Waals surface area (Å²) in [4.78, 5) is 26.0. The van der Waals surface area contributed by atoms with Gasteiger partial charge in [-0.2, -0.15) is 15.1 Å². The number of likely N-dealkylation sites (tertiary alicyclic amines) is 1. The fourth-order valence-corrected chi connectivity index (χ4v) is 3.78. The van der Waals surface area contributed by atoms with Gasteiger partial charge in [-0.15, -0.1) is 0 Å². The van der Waals surface area contributed by atoms with Gasteiger partial charge in [0.1, 0.15) is 5.65 Å². The van der Waals surface area contributed by atoms with Crippen LogP contribution in [0.4, 0.5) is 11.6 Å². The highest BCUT2D eigenvalue weighted by Crippen LogP contribution is 2.29. The lowest BCUT2D eigenvalue weighted by molar-refractivity contribution is -0.125. The van der Waals surface area contributed by atoms with Gasteiger partial charge in [-0.25, -0.2) is 0 Å². The van der Waals surface area contributed by atoms with Crippen molar-refractivity contribution in [1.82, 2.24) is 29.6 Å². The normalized spacial score (nSPS) is 18.9. The summed E-state index contributed by atoms with van der Waals surface area (Å²) in [5.74, 6) is 1.58. The fourth-order valence-electron chi connectivity index (χ4n) is 3.78. The van der Waals surface area contributed by atoms with E-state index in [9.17, 15) is 4.79 Å². The van der Waals surface area contributed by atoms with Gasteiger partial charge in [0.05, 0.1) is 23.9 Å². The van der Waals surface area contributed by atoms with Crippen LogP contribution in [0.5, 0.6) is 5.88 Å². The summed E-state index contributed by atoms with van der Waals surface area (Å²) < 4.78 is 7.85. The van der Waals surface area contributed by atoms with Crippen molar-refractivity contribution in [2.45, 2.75) is 13.3 Å². The molecule has 3 aromatic heterocycles. The Balaban J connectivity index is 1.52. The summed E-state index contributed by atoms with van der Waals surface area (Å²) >= 11 is 0. The lowest BCUT2D eigenvalue weighted by atomic mass is 9.95. The predicted molar refractivity (Wildman–Crippen MR) is 110 cm³/mol. The maximum Gasteiger partial charge on any atom is 0.245 e. The number of hydrogen-bond donors (Lipinski definition) is 2. The van der Waals surface area contributed by atoms with E-state index in [4.69, 9.17) is 4.74 Å². The number of ether oxygens (including phenoxy) is 1. The molecule has 1 fully saturated rings. The second-order valence-corrected chi connectivity index (χ2v) is 7.31. The van der Waals surface area contributed by atoms with E-state index < -0.39 is 0 Å². The van der Waals surface area contributed by atoms with Gasteiger partial charge in [-0.3, -0.25) is 9.48 Å². The van der Waals surface area contributed by atoms with Crippen molar-refractivity contribution < 1.29 is 9.53 Å². The number of H-pyrrole nitrogens is 1. The molecule has 1 amide bonds. The number of nitrogens with zero attached hydrogens (tertiary/aromatic N) is 5. The van der Waals surface area contributed by atoms with Crippen molar-refractivity contribution in [3.05, 3.63) is 37.3 Å². The quantitative estimate of drug-likeness (QED) is 0.596. The Labute approximate surface area is 168 Å². The summed E-state index contributed by atoms with van der Waals surface area (Å²) in [6.45, 7) is 7.64. The van der Waals surface area contributed by atoms with Crippen LogP contribution in [-0.2, 0) is 11.8 Å². The van der Waals surface area contributed by atoms with Crippen LogP contribution in [0.3, 0.4) is 0 Å². The van der Waals surface area contributed by atoms with E-state index >= 15 is 0 Å². The van der Waals surface area contributed by atoms with E-state index in [2.05, 4.69) is 38.9 Å². The van der Waals surface area contributed by atoms with Gasteiger partial charge < -0.3 is 19.9 Å². The van der Waals surface area contributed by atoms with Gasteiger partial charge in [0.2, 0.25) is 17.7 Å². The Kier molecular flexibility index (Phi) is 5.20.